The van der Waals surface area contributed by atoms with Crippen molar-refractivity contribution in [1.82, 2.24) is 15.2 Å². The standard InChI is InChI=1S/C16H25FN4/c1-20-7-3-4-15(11-20)21(2)16-12(8-13(17)10-19-16)9-18-14-5-6-14/h8,10,14-15,18H,3-7,9,11H2,1-2H3. The molecule has 116 valence electrons. The second-order valence-electron chi connectivity index (χ2n) is 6.46. The van der Waals surface area contributed by atoms with Crippen LogP contribution in [0.5, 0.6) is 0 Å². The Morgan fingerprint density at radius 2 is 2.24 bits per heavy atom. The lowest BCUT2D eigenvalue weighted by atomic mass is 10.0. The van der Waals surface area contributed by atoms with E-state index in [9.17, 15) is 4.39 Å². The van der Waals surface area contributed by atoms with Gasteiger partial charge in [-0.25, -0.2) is 9.37 Å². The highest BCUT2D eigenvalue weighted by molar-refractivity contribution is 5.47. The van der Waals surface area contributed by atoms with Gasteiger partial charge in [0.1, 0.15) is 11.6 Å². The van der Waals surface area contributed by atoms with Gasteiger partial charge in [0.05, 0.1) is 6.20 Å². The Morgan fingerprint density at radius 1 is 1.43 bits per heavy atom. The number of nitrogens with one attached hydrogen (secondary N) is 1. The largest absolute Gasteiger partial charge is 0.355 e. The zero-order valence-electron chi connectivity index (χ0n) is 13.0. The molecule has 1 atom stereocenters. The lowest BCUT2D eigenvalue weighted by Crippen LogP contribution is -2.45. The van der Waals surface area contributed by atoms with Crippen LogP contribution >= 0.6 is 0 Å². The normalized spacial score (nSPS) is 23.3. The van der Waals surface area contributed by atoms with Crippen LogP contribution in [0.1, 0.15) is 31.2 Å². The van der Waals surface area contributed by atoms with E-state index >= 15 is 0 Å². The van der Waals surface area contributed by atoms with Gasteiger partial charge in [0.15, 0.2) is 0 Å². The van der Waals surface area contributed by atoms with E-state index in [2.05, 4.69) is 34.2 Å². The van der Waals surface area contributed by atoms with Crippen LogP contribution in [0.3, 0.4) is 0 Å². The monoisotopic (exact) mass is 292 g/mol. The summed E-state index contributed by atoms with van der Waals surface area (Å²) in [6.45, 7) is 2.92. The second-order valence-corrected chi connectivity index (χ2v) is 6.46. The minimum absolute atomic E-state index is 0.250. The number of aromatic nitrogens is 1. The zero-order chi connectivity index (χ0) is 14.8. The molecule has 1 aromatic heterocycles. The summed E-state index contributed by atoms with van der Waals surface area (Å²) in [6.07, 6.45) is 6.19. The summed E-state index contributed by atoms with van der Waals surface area (Å²) in [5.41, 5.74) is 0.970. The summed E-state index contributed by atoms with van der Waals surface area (Å²) in [4.78, 5) is 8.96. The van der Waals surface area contributed by atoms with E-state index in [0.717, 1.165) is 24.5 Å². The summed E-state index contributed by atoms with van der Waals surface area (Å²) in [7, 11) is 4.25. The van der Waals surface area contributed by atoms with Gasteiger partial charge in [0.25, 0.3) is 0 Å². The maximum Gasteiger partial charge on any atom is 0.141 e. The van der Waals surface area contributed by atoms with E-state index in [1.54, 1.807) is 6.07 Å². The lowest BCUT2D eigenvalue weighted by Gasteiger charge is -2.37. The van der Waals surface area contributed by atoms with Crippen molar-refractivity contribution in [2.75, 3.05) is 32.1 Å². The quantitative estimate of drug-likeness (QED) is 0.899. The van der Waals surface area contributed by atoms with Crippen molar-refractivity contribution < 1.29 is 4.39 Å². The summed E-state index contributed by atoms with van der Waals surface area (Å²) in [5, 5.41) is 3.46. The average molecular weight is 292 g/mol. The van der Waals surface area contributed by atoms with Gasteiger partial charge < -0.3 is 15.1 Å². The van der Waals surface area contributed by atoms with E-state index < -0.39 is 0 Å². The minimum atomic E-state index is -0.250. The molecule has 1 unspecified atom stereocenters. The summed E-state index contributed by atoms with van der Waals surface area (Å²) < 4.78 is 13.5. The number of anilines is 1. The topological polar surface area (TPSA) is 31.4 Å². The Bertz CT molecular complexity index is 489. The summed E-state index contributed by atoms with van der Waals surface area (Å²) in [5.74, 6) is 0.672. The van der Waals surface area contributed by atoms with Crippen LogP contribution in [-0.4, -0.2) is 49.2 Å². The van der Waals surface area contributed by atoms with Crippen molar-refractivity contribution in [1.29, 1.82) is 0 Å². The summed E-state index contributed by atoms with van der Waals surface area (Å²) >= 11 is 0. The first-order valence-electron chi connectivity index (χ1n) is 7.92. The Balaban J connectivity index is 1.75. The Hall–Kier alpha value is -1.20. The fourth-order valence-electron chi connectivity index (χ4n) is 3.09. The predicted octanol–water partition coefficient (Wildman–Crippen LogP) is 2.00. The first-order chi connectivity index (χ1) is 10.1. The molecule has 1 aliphatic carbocycles. The molecular formula is C16H25FN4. The van der Waals surface area contributed by atoms with Gasteiger partial charge in [-0.05, 0) is 45.3 Å². The minimum Gasteiger partial charge on any atom is -0.355 e. The highest BCUT2D eigenvalue weighted by atomic mass is 19.1. The van der Waals surface area contributed by atoms with Crippen molar-refractivity contribution in [2.24, 2.45) is 0 Å². The molecule has 0 radical (unpaired) electrons. The molecule has 5 heteroatoms. The van der Waals surface area contributed by atoms with Crippen molar-refractivity contribution in [3.63, 3.8) is 0 Å². The summed E-state index contributed by atoms with van der Waals surface area (Å²) in [6, 6.07) is 2.70. The number of rotatable bonds is 5. The molecule has 4 nitrogen and oxygen atoms in total. The zero-order valence-corrected chi connectivity index (χ0v) is 13.0. The van der Waals surface area contributed by atoms with Crippen molar-refractivity contribution in [2.45, 2.75) is 44.3 Å². The van der Waals surface area contributed by atoms with E-state index in [0.29, 0.717) is 18.6 Å². The molecule has 2 aliphatic rings. The van der Waals surface area contributed by atoms with Gasteiger partial charge >= 0.3 is 0 Å². The smallest absolute Gasteiger partial charge is 0.141 e. The molecule has 1 aliphatic heterocycles. The highest BCUT2D eigenvalue weighted by Crippen LogP contribution is 2.25. The van der Waals surface area contributed by atoms with Gasteiger partial charge in [-0.1, -0.05) is 0 Å². The molecular weight excluding hydrogens is 267 g/mol. The molecule has 21 heavy (non-hydrogen) atoms. The van der Waals surface area contributed by atoms with Crippen LogP contribution in [-0.2, 0) is 6.54 Å². The van der Waals surface area contributed by atoms with Crippen LogP contribution in [0.25, 0.3) is 0 Å². The lowest BCUT2D eigenvalue weighted by molar-refractivity contribution is 0.247. The Kier molecular flexibility index (Phi) is 4.40. The maximum atomic E-state index is 13.5. The number of halogens is 1. The molecule has 2 fully saturated rings. The Morgan fingerprint density at radius 3 is 2.95 bits per heavy atom. The van der Waals surface area contributed by atoms with Gasteiger partial charge in [-0.2, -0.15) is 0 Å². The number of hydrogen-bond acceptors (Lipinski definition) is 4. The van der Waals surface area contributed by atoms with Crippen LogP contribution in [0, 0.1) is 5.82 Å². The number of pyridine rings is 1. The SMILES string of the molecule is CN1CCCC(N(C)c2ncc(F)cc2CNC2CC2)C1. The van der Waals surface area contributed by atoms with Crippen molar-refractivity contribution in [3.8, 4) is 0 Å². The van der Waals surface area contributed by atoms with Gasteiger partial charge in [0, 0.05) is 37.8 Å². The third-order valence-electron chi connectivity index (χ3n) is 4.55. The van der Waals surface area contributed by atoms with Crippen LogP contribution in [0.4, 0.5) is 10.2 Å². The van der Waals surface area contributed by atoms with Crippen molar-refractivity contribution in [3.05, 3.63) is 23.6 Å². The molecule has 0 amide bonds. The molecule has 0 bridgehead atoms. The van der Waals surface area contributed by atoms with Crippen LogP contribution in [0.15, 0.2) is 12.3 Å². The molecule has 1 saturated carbocycles. The number of likely N-dealkylation sites (tertiary alicyclic amines) is 1. The molecule has 0 spiro atoms. The number of nitrogens with zero attached hydrogens (tertiary/aromatic N) is 3. The van der Waals surface area contributed by atoms with E-state index in [4.69, 9.17) is 0 Å². The molecule has 1 saturated heterocycles. The number of piperidine rings is 1. The Labute approximate surface area is 126 Å². The fourth-order valence-corrected chi connectivity index (χ4v) is 3.09. The van der Waals surface area contributed by atoms with E-state index in [-0.39, 0.29) is 5.82 Å². The average Bonchev–Trinajstić information content (AvgIpc) is 3.29. The molecule has 1 aromatic rings. The van der Waals surface area contributed by atoms with Crippen LogP contribution in [0.2, 0.25) is 0 Å². The van der Waals surface area contributed by atoms with Crippen molar-refractivity contribution >= 4 is 5.82 Å². The molecule has 2 heterocycles. The number of hydrogen-bond donors (Lipinski definition) is 1. The van der Waals surface area contributed by atoms with Gasteiger partial charge in [-0.3, -0.25) is 0 Å². The third kappa shape index (κ3) is 3.71. The van der Waals surface area contributed by atoms with E-state index in [1.165, 1.54) is 31.9 Å². The fraction of sp³-hybridized carbons (Fsp3) is 0.688. The predicted molar refractivity (Wildman–Crippen MR) is 83.0 cm³/mol. The van der Waals surface area contributed by atoms with Gasteiger partial charge in [0.2, 0.25) is 0 Å². The molecule has 0 aromatic carbocycles. The van der Waals surface area contributed by atoms with E-state index in [1.807, 2.05) is 0 Å². The van der Waals surface area contributed by atoms with Gasteiger partial charge in [-0.15, -0.1) is 0 Å². The number of likely N-dealkylation sites (N-methyl/N-ethyl adjacent to an activating group) is 2. The molecule has 1 N–H and O–H groups in total. The molecule has 3 rings (SSSR count). The third-order valence-corrected chi connectivity index (χ3v) is 4.55. The first kappa shape index (κ1) is 14.7. The van der Waals surface area contributed by atoms with Crippen LogP contribution < -0.4 is 10.2 Å². The highest BCUT2D eigenvalue weighted by Gasteiger charge is 2.25. The second kappa shape index (κ2) is 6.28. The maximum absolute atomic E-state index is 13.5. The first-order valence-corrected chi connectivity index (χ1v) is 7.92.